The highest BCUT2D eigenvalue weighted by molar-refractivity contribution is 7.92. The number of sulfonamides is 1. The van der Waals surface area contributed by atoms with Crippen LogP contribution in [-0.2, 0) is 10.0 Å². The van der Waals surface area contributed by atoms with E-state index in [2.05, 4.69) is 4.72 Å². The maximum atomic E-state index is 11.8. The summed E-state index contributed by atoms with van der Waals surface area (Å²) < 4.78 is 31.1. The van der Waals surface area contributed by atoms with Crippen molar-refractivity contribution >= 4 is 15.7 Å². The van der Waals surface area contributed by atoms with Gasteiger partial charge in [-0.3, -0.25) is 4.72 Å². The van der Waals surface area contributed by atoms with Crippen molar-refractivity contribution in [2.45, 2.75) is 19.8 Å². The van der Waals surface area contributed by atoms with E-state index in [1.165, 1.54) is 0 Å². The largest absolute Gasteiger partial charge is 0.497 e. The average Bonchev–Trinajstić information content (AvgIpc) is 2.31. The molecule has 0 aliphatic carbocycles. The van der Waals surface area contributed by atoms with E-state index in [4.69, 9.17) is 9.84 Å². The molecule has 0 heterocycles. The molecule has 0 bridgehead atoms. The maximum absolute atomic E-state index is 11.8. The first-order chi connectivity index (χ1) is 8.48. The van der Waals surface area contributed by atoms with Crippen molar-refractivity contribution in [1.82, 2.24) is 0 Å². The summed E-state index contributed by atoms with van der Waals surface area (Å²) in [4.78, 5) is 0. The number of ether oxygens (including phenoxy) is 1. The standard InChI is InChI=1S/C12H19NO4S/c1-10-9-11(17-2)5-6-12(10)13-18(15,16)8-4-3-7-14/h5-6,9,13-14H,3-4,7-8H2,1-2H3. The summed E-state index contributed by atoms with van der Waals surface area (Å²) in [5, 5.41) is 8.63. The van der Waals surface area contributed by atoms with Crippen molar-refractivity contribution in [2.24, 2.45) is 0 Å². The van der Waals surface area contributed by atoms with Gasteiger partial charge in [0.2, 0.25) is 10.0 Å². The molecule has 6 heteroatoms. The minimum Gasteiger partial charge on any atom is -0.497 e. The Hall–Kier alpha value is -1.27. The first-order valence-corrected chi connectivity index (χ1v) is 7.40. The third kappa shape index (κ3) is 4.54. The van der Waals surface area contributed by atoms with Gasteiger partial charge in [-0.15, -0.1) is 0 Å². The van der Waals surface area contributed by atoms with Gasteiger partial charge in [0.05, 0.1) is 18.6 Å². The summed E-state index contributed by atoms with van der Waals surface area (Å²) in [6, 6.07) is 5.15. The van der Waals surface area contributed by atoms with Gasteiger partial charge >= 0.3 is 0 Å². The minimum atomic E-state index is -3.35. The number of rotatable bonds is 7. The molecular formula is C12H19NO4S. The normalized spacial score (nSPS) is 11.3. The summed E-state index contributed by atoms with van der Waals surface area (Å²) in [5.74, 6) is 0.703. The Balaban J connectivity index is 2.72. The van der Waals surface area contributed by atoms with Crippen LogP contribution in [0.3, 0.4) is 0 Å². The number of aliphatic hydroxyl groups is 1. The predicted octanol–water partition coefficient (Wildman–Crippen LogP) is 1.52. The Morgan fingerprint density at radius 3 is 2.61 bits per heavy atom. The van der Waals surface area contributed by atoms with Gasteiger partial charge in [-0.25, -0.2) is 8.42 Å². The molecule has 0 spiro atoms. The Labute approximate surface area is 108 Å². The second-order valence-corrected chi connectivity index (χ2v) is 5.87. The van der Waals surface area contributed by atoms with Crippen molar-refractivity contribution < 1.29 is 18.3 Å². The molecule has 0 fully saturated rings. The molecule has 0 atom stereocenters. The summed E-state index contributed by atoms with van der Waals surface area (Å²) in [6.07, 6.45) is 0.934. The van der Waals surface area contributed by atoms with Crippen LogP contribution in [0.5, 0.6) is 5.75 Å². The first kappa shape index (κ1) is 14.8. The van der Waals surface area contributed by atoms with E-state index in [0.717, 1.165) is 5.56 Å². The van der Waals surface area contributed by atoms with Crippen molar-refractivity contribution in [2.75, 3.05) is 24.2 Å². The quantitative estimate of drug-likeness (QED) is 0.739. The highest BCUT2D eigenvalue weighted by Crippen LogP contribution is 2.22. The summed E-state index contributed by atoms with van der Waals surface area (Å²) in [7, 11) is -1.79. The Bertz CT molecular complexity index is 485. The number of anilines is 1. The summed E-state index contributed by atoms with van der Waals surface area (Å²) in [5.41, 5.74) is 1.36. The van der Waals surface area contributed by atoms with Gasteiger partial charge < -0.3 is 9.84 Å². The number of benzene rings is 1. The molecule has 0 saturated carbocycles. The highest BCUT2D eigenvalue weighted by Gasteiger charge is 2.11. The van der Waals surface area contributed by atoms with Crippen LogP contribution in [0.15, 0.2) is 18.2 Å². The summed E-state index contributed by atoms with van der Waals surface area (Å²) >= 11 is 0. The molecule has 1 aromatic carbocycles. The molecule has 5 nitrogen and oxygen atoms in total. The summed E-state index contributed by atoms with van der Waals surface area (Å²) in [6.45, 7) is 1.82. The molecule has 0 aliphatic rings. The lowest BCUT2D eigenvalue weighted by atomic mass is 10.2. The monoisotopic (exact) mass is 273 g/mol. The molecule has 0 unspecified atom stereocenters. The molecule has 0 radical (unpaired) electrons. The molecule has 1 rings (SSSR count). The van der Waals surface area contributed by atoms with E-state index in [0.29, 0.717) is 24.3 Å². The van der Waals surface area contributed by atoms with Crippen LogP contribution in [-0.4, -0.2) is 33.0 Å². The predicted molar refractivity (Wildman–Crippen MR) is 71.5 cm³/mol. The molecule has 0 aliphatic heterocycles. The smallest absolute Gasteiger partial charge is 0.232 e. The molecule has 2 N–H and O–H groups in total. The van der Waals surface area contributed by atoms with E-state index >= 15 is 0 Å². The van der Waals surface area contributed by atoms with Gasteiger partial charge in [-0.2, -0.15) is 0 Å². The van der Waals surface area contributed by atoms with Crippen molar-refractivity contribution in [3.8, 4) is 5.75 Å². The average molecular weight is 273 g/mol. The van der Waals surface area contributed by atoms with Crippen molar-refractivity contribution in [3.63, 3.8) is 0 Å². The minimum absolute atomic E-state index is 0.0110. The Morgan fingerprint density at radius 1 is 1.33 bits per heavy atom. The van der Waals surface area contributed by atoms with Gasteiger partial charge in [0.25, 0.3) is 0 Å². The molecule has 0 saturated heterocycles. The first-order valence-electron chi connectivity index (χ1n) is 5.74. The lowest BCUT2D eigenvalue weighted by Gasteiger charge is -2.11. The van der Waals surface area contributed by atoms with Crippen LogP contribution < -0.4 is 9.46 Å². The molecule has 102 valence electrons. The van der Waals surface area contributed by atoms with E-state index in [1.54, 1.807) is 25.3 Å². The topological polar surface area (TPSA) is 75.6 Å². The molecule has 0 aromatic heterocycles. The van der Waals surface area contributed by atoms with E-state index in [9.17, 15) is 8.42 Å². The number of nitrogens with one attached hydrogen (secondary N) is 1. The number of methoxy groups -OCH3 is 1. The van der Waals surface area contributed by atoms with Gasteiger partial charge in [-0.1, -0.05) is 0 Å². The van der Waals surface area contributed by atoms with Gasteiger partial charge in [0, 0.05) is 6.61 Å². The van der Waals surface area contributed by atoms with E-state index in [-0.39, 0.29) is 12.4 Å². The number of aryl methyl sites for hydroxylation is 1. The van der Waals surface area contributed by atoms with Crippen LogP contribution in [0.25, 0.3) is 0 Å². The number of hydrogen-bond acceptors (Lipinski definition) is 4. The number of aliphatic hydroxyl groups excluding tert-OH is 1. The van der Waals surface area contributed by atoms with Crippen LogP contribution in [0, 0.1) is 6.92 Å². The zero-order chi connectivity index (χ0) is 13.6. The fourth-order valence-electron chi connectivity index (χ4n) is 1.50. The number of hydrogen-bond donors (Lipinski definition) is 2. The molecule has 0 amide bonds. The van der Waals surface area contributed by atoms with E-state index in [1.807, 2.05) is 6.92 Å². The van der Waals surface area contributed by atoms with Gasteiger partial charge in [0.1, 0.15) is 5.75 Å². The molecule has 18 heavy (non-hydrogen) atoms. The van der Waals surface area contributed by atoms with Crippen LogP contribution in [0.2, 0.25) is 0 Å². The fraction of sp³-hybridized carbons (Fsp3) is 0.500. The zero-order valence-electron chi connectivity index (χ0n) is 10.6. The van der Waals surface area contributed by atoms with E-state index < -0.39 is 10.0 Å². The lowest BCUT2D eigenvalue weighted by Crippen LogP contribution is -2.17. The van der Waals surface area contributed by atoms with Crippen LogP contribution in [0.4, 0.5) is 5.69 Å². The van der Waals surface area contributed by atoms with Crippen molar-refractivity contribution in [3.05, 3.63) is 23.8 Å². The lowest BCUT2D eigenvalue weighted by molar-refractivity contribution is 0.287. The fourth-order valence-corrected chi connectivity index (χ4v) is 2.75. The molecule has 1 aromatic rings. The third-order valence-corrected chi connectivity index (χ3v) is 3.88. The third-order valence-electron chi connectivity index (χ3n) is 2.52. The van der Waals surface area contributed by atoms with Gasteiger partial charge in [-0.05, 0) is 43.5 Å². The second-order valence-electron chi connectivity index (χ2n) is 4.03. The SMILES string of the molecule is COc1ccc(NS(=O)(=O)CCCCO)c(C)c1. The van der Waals surface area contributed by atoms with Crippen molar-refractivity contribution in [1.29, 1.82) is 0 Å². The Kier molecular flexibility index (Phi) is 5.43. The highest BCUT2D eigenvalue weighted by atomic mass is 32.2. The zero-order valence-corrected chi connectivity index (χ0v) is 11.5. The molecular weight excluding hydrogens is 254 g/mol. The second kappa shape index (κ2) is 6.61. The van der Waals surface area contributed by atoms with Crippen LogP contribution >= 0.6 is 0 Å². The number of unbranched alkanes of at least 4 members (excludes halogenated alkanes) is 1. The van der Waals surface area contributed by atoms with Crippen LogP contribution in [0.1, 0.15) is 18.4 Å². The van der Waals surface area contributed by atoms with Gasteiger partial charge in [0.15, 0.2) is 0 Å². The maximum Gasteiger partial charge on any atom is 0.232 e. The Morgan fingerprint density at radius 2 is 2.06 bits per heavy atom.